The predicted molar refractivity (Wildman–Crippen MR) is 59.3 cm³/mol. The van der Waals surface area contributed by atoms with Gasteiger partial charge in [-0.15, -0.1) is 0 Å². The second-order valence-corrected chi connectivity index (χ2v) is 2.32. The first-order chi connectivity index (χ1) is 5.66. The molecule has 0 nitrogen and oxygen atoms in total. The van der Waals surface area contributed by atoms with E-state index in [9.17, 15) is 0 Å². The van der Waals surface area contributed by atoms with E-state index in [1.54, 1.807) is 0 Å². The van der Waals surface area contributed by atoms with E-state index in [1.807, 2.05) is 52.0 Å². The highest BCUT2D eigenvalue weighted by Crippen LogP contribution is 1.95. The lowest BCUT2D eigenvalue weighted by Crippen LogP contribution is -1.63. The first-order valence-electron chi connectivity index (χ1n) is 4.29. The van der Waals surface area contributed by atoms with E-state index < -0.39 is 0 Å². The van der Waals surface area contributed by atoms with Crippen LogP contribution in [0.1, 0.15) is 27.7 Å². The third-order valence-corrected chi connectivity index (χ3v) is 1.06. The summed E-state index contributed by atoms with van der Waals surface area (Å²) in [5.41, 5.74) is 2.23. The third kappa shape index (κ3) is 11.7. The molecule has 12 heavy (non-hydrogen) atoms. The van der Waals surface area contributed by atoms with Gasteiger partial charge >= 0.3 is 0 Å². The van der Waals surface area contributed by atoms with E-state index in [-0.39, 0.29) is 0 Å². The van der Waals surface area contributed by atoms with E-state index in [0.717, 1.165) is 11.1 Å². The summed E-state index contributed by atoms with van der Waals surface area (Å²) < 4.78 is 0. The molecule has 68 valence electrons. The summed E-state index contributed by atoms with van der Waals surface area (Å²) in [7, 11) is 0. The first-order valence-corrected chi connectivity index (χ1v) is 4.29. The molecule has 0 amide bonds. The van der Waals surface area contributed by atoms with E-state index in [4.69, 9.17) is 0 Å². The summed E-state index contributed by atoms with van der Waals surface area (Å²) in [6, 6.07) is 0. The van der Waals surface area contributed by atoms with Crippen molar-refractivity contribution in [2.45, 2.75) is 27.7 Å². The summed E-state index contributed by atoms with van der Waals surface area (Å²) in [6.07, 6.45) is 7.76. The number of allylic oxidation sites excluding steroid dienone is 6. The normalized spacial score (nSPS) is 10.5. The lowest BCUT2D eigenvalue weighted by Gasteiger charge is -1.84. The van der Waals surface area contributed by atoms with E-state index in [2.05, 4.69) is 13.2 Å². The van der Waals surface area contributed by atoms with Gasteiger partial charge in [-0.25, -0.2) is 0 Å². The van der Waals surface area contributed by atoms with Gasteiger partial charge in [0.1, 0.15) is 0 Å². The molecule has 0 heteroatoms. The molecule has 0 fully saturated rings. The molecule has 0 aliphatic rings. The van der Waals surface area contributed by atoms with Crippen molar-refractivity contribution in [1.29, 1.82) is 0 Å². The van der Waals surface area contributed by atoms with Crippen molar-refractivity contribution in [3.8, 4) is 0 Å². The molecule has 0 radical (unpaired) electrons. The highest BCUT2D eigenvalue weighted by molar-refractivity contribution is 5.23. The fraction of sp³-hybridized carbons (Fsp3) is 0.333. The van der Waals surface area contributed by atoms with Crippen LogP contribution >= 0.6 is 0 Å². The maximum atomic E-state index is 3.74. The average molecular weight is 164 g/mol. The van der Waals surface area contributed by atoms with Crippen LogP contribution in [0.5, 0.6) is 0 Å². The minimum Gasteiger partial charge on any atom is -0.0988 e. The zero-order chi connectivity index (χ0) is 9.98. The smallest absolute Gasteiger partial charge is 0.0398 e. The summed E-state index contributed by atoms with van der Waals surface area (Å²) in [4.78, 5) is 0. The summed E-state index contributed by atoms with van der Waals surface area (Å²) in [6.45, 7) is 15.3. The van der Waals surface area contributed by atoms with Crippen molar-refractivity contribution in [3.05, 3.63) is 48.6 Å². The van der Waals surface area contributed by atoms with Crippen LogP contribution < -0.4 is 0 Å². The standard InChI is InChI=1S/C10H14.C2H6/c1-5-10(4)8-6-7-9(2)3;1-2/h5-8H,1-2H2,3-4H3;1-2H3/b7-6-,10-8-;. The Labute approximate surface area is 77.0 Å². The Kier molecular flexibility index (Phi) is 11.2. The van der Waals surface area contributed by atoms with Crippen molar-refractivity contribution in [3.63, 3.8) is 0 Å². The fourth-order valence-corrected chi connectivity index (χ4v) is 0.432. The Morgan fingerprint density at radius 1 is 1.17 bits per heavy atom. The molecular weight excluding hydrogens is 144 g/mol. The van der Waals surface area contributed by atoms with Gasteiger partial charge in [-0.1, -0.05) is 62.5 Å². The maximum Gasteiger partial charge on any atom is -0.0398 e. The highest BCUT2D eigenvalue weighted by atomic mass is 13.8. The van der Waals surface area contributed by atoms with Crippen molar-refractivity contribution in [2.75, 3.05) is 0 Å². The quantitative estimate of drug-likeness (QED) is 0.546. The van der Waals surface area contributed by atoms with E-state index in [0.29, 0.717) is 0 Å². The molecule has 0 N–H and O–H groups in total. The van der Waals surface area contributed by atoms with Gasteiger partial charge in [0.2, 0.25) is 0 Å². The van der Waals surface area contributed by atoms with Crippen LogP contribution in [0.25, 0.3) is 0 Å². The van der Waals surface area contributed by atoms with Gasteiger partial charge in [0.15, 0.2) is 0 Å². The largest absolute Gasteiger partial charge is 0.0988 e. The monoisotopic (exact) mass is 164 g/mol. The molecule has 0 heterocycles. The predicted octanol–water partition coefficient (Wildman–Crippen LogP) is 4.28. The molecule has 0 unspecified atom stereocenters. The summed E-state index contributed by atoms with van der Waals surface area (Å²) >= 11 is 0. The minimum atomic E-state index is 1.06. The lowest BCUT2D eigenvalue weighted by atomic mass is 10.2. The molecule has 0 aliphatic heterocycles. The van der Waals surface area contributed by atoms with E-state index in [1.165, 1.54) is 0 Å². The van der Waals surface area contributed by atoms with Gasteiger partial charge in [-0.3, -0.25) is 0 Å². The SMILES string of the molecule is C=C/C(C)=C\C=C/C(=C)C.CC. The molecule has 0 aromatic rings. The van der Waals surface area contributed by atoms with Crippen molar-refractivity contribution < 1.29 is 0 Å². The second kappa shape index (κ2) is 9.96. The zero-order valence-corrected chi connectivity index (χ0v) is 8.72. The zero-order valence-electron chi connectivity index (χ0n) is 8.72. The van der Waals surface area contributed by atoms with Gasteiger partial charge < -0.3 is 0 Å². The van der Waals surface area contributed by atoms with Gasteiger partial charge in [-0.05, 0) is 13.8 Å². The van der Waals surface area contributed by atoms with Crippen LogP contribution in [0.15, 0.2) is 48.6 Å². The average Bonchev–Trinajstić information content (AvgIpc) is 2.07. The molecule has 0 atom stereocenters. The number of rotatable bonds is 3. The Hall–Kier alpha value is -1.04. The highest BCUT2D eigenvalue weighted by Gasteiger charge is 1.74. The van der Waals surface area contributed by atoms with Crippen LogP contribution in [0, 0.1) is 0 Å². The molecule has 0 spiro atoms. The molecule has 0 aromatic heterocycles. The van der Waals surface area contributed by atoms with Crippen molar-refractivity contribution in [1.82, 2.24) is 0 Å². The van der Waals surface area contributed by atoms with Crippen LogP contribution in [-0.2, 0) is 0 Å². The molecule has 0 rings (SSSR count). The Bertz CT molecular complexity index is 180. The van der Waals surface area contributed by atoms with Crippen LogP contribution in [0.3, 0.4) is 0 Å². The molecule has 0 saturated heterocycles. The van der Waals surface area contributed by atoms with Crippen molar-refractivity contribution in [2.24, 2.45) is 0 Å². The first kappa shape index (κ1) is 13.5. The second-order valence-electron chi connectivity index (χ2n) is 2.32. The van der Waals surface area contributed by atoms with E-state index >= 15 is 0 Å². The molecule has 0 bridgehead atoms. The Morgan fingerprint density at radius 2 is 1.67 bits per heavy atom. The van der Waals surface area contributed by atoms with Gasteiger partial charge in [-0.2, -0.15) is 0 Å². The van der Waals surface area contributed by atoms with Crippen LogP contribution in [0.2, 0.25) is 0 Å². The molecule has 0 saturated carbocycles. The summed E-state index contributed by atoms with van der Waals surface area (Å²) in [5, 5.41) is 0. The number of hydrogen-bond donors (Lipinski definition) is 0. The Morgan fingerprint density at radius 3 is 2.00 bits per heavy atom. The molecular formula is C12H20. The van der Waals surface area contributed by atoms with Gasteiger partial charge in [0.25, 0.3) is 0 Å². The molecule has 0 aromatic carbocycles. The summed E-state index contributed by atoms with van der Waals surface area (Å²) in [5.74, 6) is 0. The van der Waals surface area contributed by atoms with Gasteiger partial charge in [0, 0.05) is 0 Å². The van der Waals surface area contributed by atoms with Crippen LogP contribution in [-0.4, -0.2) is 0 Å². The fourth-order valence-electron chi connectivity index (χ4n) is 0.432. The third-order valence-electron chi connectivity index (χ3n) is 1.06. The van der Waals surface area contributed by atoms with Crippen LogP contribution in [0.4, 0.5) is 0 Å². The van der Waals surface area contributed by atoms with Gasteiger partial charge in [0.05, 0.1) is 0 Å². The van der Waals surface area contributed by atoms with Crippen molar-refractivity contribution >= 4 is 0 Å². The minimum absolute atomic E-state index is 1.06. The topological polar surface area (TPSA) is 0 Å². The maximum absolute atomic E-state index is 3.74. The number of hydrogen-bond acceptors (Lipinski definition) is 0. The Balaban J connectivity index is 0. The molecule has 0 aliphatic carbocycles. The lowest BCUT2D eigenvalue weighted by molar-refractivity contribution is 1.50.